The Morgan fingerprint density at radius 2 is 1.95 bits per heavy atom. The molecule has 0 unspecified atom stereocenters. The average Bonchev–Trinajstić information content (AvgIpc) is 2.89. The fourth-order valence-corrected chi connectivity index (χ4v) is 2.94. The highest BCUT2D eigenvalue weighted by Gasteiger charge is 2.14. The first-order valence-corrected chi connectivity index (χ1v) is 7.11. The molecule has 1 aromatic heterocycles. The van der Waals surface area contributed by atoms with Crippen LogP contribution in [-0.4, -0.2) is 17.9 Å². The number of benzene rings is 2. The molecule has 0 aliphatic rings. The van der Waals surface area contributed by atoms with Crippen LogP contribution >= 0.6 is 22.9 Å². The molecule has 0 amide bonds. The lowest BCUT2D eigenvalue weighted by atomic mass is 10.1. The number of thiazole rings is 1. The molecule has 0 N–H and O–H groups in total. The van der Waals surface area contributed by atoms with E-state index in [0.717, 1.165) is 16.0 Å². The Morgan fingerprint density at radius 3 is 2.65 bits per heavy atom. The third-order valence-corrected chi connectivity index (χ3v) is 4.17. The zero-order valence-electron chi connectivity index (χ0n) is 10.6. The molecule has 5 heteroatoms. The Kier molecular flexibility index (Phi) is 3.42. The highest BCUT2D eigenvalue weighted by molar-refractivity contribution is 7.20. The summed E-state index contributed by atoms with van der Waals surface area (Å²) in [5, 5.41) is 1.08. The van der Waals surface area contributed by atoms with E-state index >= 15 is 0 Å². The fourth-order valence-electron chi connectivity index (χ4n) is 1.86. The van der Waals surface area contributed by atoms with Crippen molar-refractivity contribution in [2.75, 3.05) is 7.11 Å². The molecular formula is C15H10ClNO2S. The molecule has 3 aromatic rings. The van der Waals surface area contributed by atoms with Gasteiger partial charge in [0.05, 0.1) is 17.3 Å². The van der Waals surface area contributed by atoms with Gasteiger partial charge >= 0.3 is 0 Å². The maximum absolute atomic E-state index is 12.4. The zero-order chi connectivity index (χ0) is 14.1. The number of hydrogen-bond donors (Lipinski definition) is 0. The van der Waals surface area contributed by atoms with Crippen molar-refractivity contribution in [1.82, 2.24) is 4.98 Å². The number of nitrogens with zero attached hydrogens (tertiary/aromatic N) is 1. The number of hydrogen-bond acceptors (Lipinski definition) is 4. The molecule has 0 atom stereocenters. The van der Waals surface area contributed by atoms with Gasteiger partial charge in [0.2, 0.25) is 5.78 Å². The van der Waals surface area contributed by atoms with Crippen LogP contribution in [-0.2, 0) is 0 Å². The van der Waals surface area contributed by atoms with Gasteiger partial charge in [-0.1, -0.05) is 11.6 Å². The molecule has 3 nitrogen and oxygen atoms in total. The van der Waals surface area contributed by atoms with Gasteiger partial charge in [0, 0.05) is 10.6 Å². The summed E-state index contributed by atoms with van der Waals surface area (Å²) in [4.78, 5) is 16.7. The predicted octanol–water partition coefficient (Wildman–Crippen LogP) is 4.19. The number of ketones is 1. The van der Waals surface area contributed by atoms with E-state index in [2.05, 4.69) is 4.98 Å². The molecule has 20 heavy (non-hydrogen) atoms. The van der Waals surface area contributed by atoms with Crippen LogP contribution in [0.2, 0.25) is 5.02 Å². The van der Waals surface area contributed by atoms with Crippen molar-refractivity contribution in [1.29, 1.82) is 0 Å². The Hall–Kier alpha value is -1.91. The van der Waals surface area contributed by atoms with Crippen LogP contribution in [0.15, 0.2) is 42.5 Å². The summed E-state index contributed by atoms with van der Waals surface area (Å²) in [6.07, 6.45) is 0. The lowest BCUT2D eigenvalue weighted by Gasteiger charge is -2.00. The van der Waals surface area contributed by atoms with E-state index in [4.69, 9.17) is 16.3 Å². The van der Waals surface area contributed by atoms with Crippen LogP contribution in [0.3, 0.4) is 0 Å². The Morgan fingerprint density at radius 1 is 1.20 bits per heavy atom. The average molecular weight is 304 g/mol. The molecule has 0 aliphatic carbocycles. The van der Waals surface area contributed by atoms with E-state index < -0.39 is 0 Å². The quantitative estimate of drug-likeness (QED) is 0.681. The van der Waals surface area contributed by atoms with Crippen LogP contribution in [0, 0.1) is 0 Å². The van der Waals surface area contributed by atoms with Crippen molar-refractivity contribution < 1.29 is 9.53 Å². The summed E-state index contributed by atoms with van der Waals surface area (Å²) in [5.41, 5.74) is 1.34. The second kappa shape index (κ2) is 5.23. The standard InChI is InChI=1S/C15H10ClNO2S/c1-19-11-5-2-9(3-6-11)14(18)15-17-12-8-10(16)4-7-13(12)20-15/h2-8H,1H3. The second-order valence-electron chi connectivity index (χ2n) is 4.19. The molecule has 0 spiro atoms. The molecule has 0 radical (unpaired) electrons. The number of carbonyl (C=O) groups is 1. The largest absolute Gasteiger partial charge is 0.497 e. The second-order valence-corrected chi connectivity index (χ2v) is 5.66. The zero-order valence-corrected chi connectivity index (χ0v) is 12.2. The van der Waals surface area contributed by atoms with Gasteiger partial charge in [-0.3, -0.25) is 4.79 Å². The van der Waals surface area contributed by atoms with Gasteiger partial charge in [-0.25, -0.2) is 4.98 Å². The smallest absolute Gasteiger partial charge is 0.221 e. The number of methoxy groups -OCH3 is 1. The lowest BCUT2D eigenvalue weighted by molar-refractivity contribution is 0.103. The highest BCUT2D eigenvalue weighted by Crippen LogP contribution is 2.26. The van der Waals surface area contributed by atoms with Gasteiger partial charge in [0.15, 0.2) is 5.01 Å². The van der Waals surface area contributed by atoms with E-state index in [1.54, 1.807) is 43.5 Å². The summed E-state index contributed by atoms with van der Waals surface area (Å²) < 4.78 is 6.03. The molecule has 100 valence electrons. The Balaban J connectivity index is 1.98. The van der Waals surface area contributed by atoms with Gasteiger partial charge in [0.1, 0.15) is 5.75 Å². The Labute approximate surface area is 124 Å². The molecule has 2 aromatic carbocycles. The van der Waals surface area contributed by atoms with Crippen molar-refractivity contribution in [2.24, 2.45) is 0 Å². The number of rotatable bonds is 3. The van der Waals surface area contributed by atoms with E-state index in [-0.39, 0.29) is 5.78 Å². The van der Waals surface area contributed by atoms with E-state index in [9.17, 15) is 4.79 Å². The maximum atomic E-state index is 12.4. The van der Waals surface area contributed by atoms with E-state index in [1.165, 1.54) is 11.3 Å². The summed E-state index contributed by atoms with van der Waals surface area (Å²) >= 11 is 7.29. The molecular weight excluding hydrogens is 294 g/mol. The first kappa shape index (κ1) is 13.1. The van der Waals surface area contributed by atoms with Gasteiger partial charge in [-0.05, 0) is 42.5 Å². The van der Waals surface area contributed by atoms with Gasteiger partial charge < -0.3 is 4.74 Å². The van der Waals surface area contributed by atoms with Crippen LogP contribution in [0.4, 0.5) is 0 Å². The first-order valence-electron chi connectivity index (χ1n) is 5.92. The molecule has 0 bridgehead atoms. The SMILES string of the molecule is COc1ccc(C(=O)c2nc3cc(Cl)ccc3s2)cc1. The van der Waals surface area contributed by atoms with Gasteiger partial charge in [-0.2, -0.15) is 0 Å². The van der Waals surface area contributed by atoms with Crippen LogP contribution < -0.4 is 4.74 Å². The molecule has 0 fully saturated rings. The summed E-state index contributed by atoms with van der Waals surface area (Å²) in [5.74, 6) is 0.627. The highest BCUT2D eigenvalue weighted by atomic mass is 35.5. The third-order valence-electron chi connectivity index (χ3n) is 2.90. The fraction of sp³-hybridized carbons (Fsp3) is 0.0667. The number of fused-ring (bicyclic) bond motifs is 1. The van der Waals surface area contributed by atoms with Crippen molar-refractivity contribution in [3.05, 3.63) is 58.1 Å². The summed E-state index contributed by atoms with van der Waals surface area (Å²) in [6, 6.07) is 12.4. The summed E-state index contributed by atoms with van der Waals surface area (Å²) in [6.45, 7) is 0. The Bertz CT molecular complexity index is 780. The molecule has 3 rings (SSSR count). The minimum Gasteiger partial charge on any atom is -0.497 e. The number of aromatic nitrogens is 1. The van der Waals surface area contributed by atoms with Crippen LogP contribution in [0.25, 0.3) is 10.2 Å². The summed E-state index contributed by atoms with van der Waals surface area (Å²) in [7, 11) is 1.59. The van der Waals surface area contributed by atoms with Crippen LogP contribution in [0.1, 0.15) is 15.4 Å². The van der Waals surface area contributed by atoms with Gasteiger partial charge in [-0.15, -0.1) is 11.3 Å². The van der Waals surface area contributed by atoms with Crippen molar-refractivity contribution in [2.45, 2.75) is 0 Å². The van der Waals surface area contributed by atoms with Crippen LogP contribution in [0.5, 0.6) is 5.75 Å². The first-order chi connectivity index (χ1) is 9.67. The maximum Gasteiger partial charge on any atom is 0.221 e. The normalized spacial score (nSPS) is 10.7. The number of ether oxygens (including phenoxy) is 1. The van der Waals surface area contributed by atoms with Crippen molar-refractivity contribution in [3.8, 4) is 5.75 Å². The van der Waals surface area contributed by atoms with Crippen molar-refractivity contribution in [3.63, 3.8) is 0 Å². The molecule has 0 saturated heterocycles. The topological polar surface area (TPSA) is 39.2 Å². The predicted molar refractivity (Wildman–Crippen MR) is 81.1 cm³/mol. The van der Waals surface area contributed by atoms with E-state index in [0.29, 0.717) is 15.6 Å². The lowest BCUT2D eigenvalue weighted by Crippen LogP contribution is -2.00. The van der Waals surface area contributed by atoms with Crippen molar-refractivity contribution >= 4 is 38.9 Å². The minimum atomic E-state index is -0.0926. The third kappa shape index (κ3) is 2.40. The molecule has 0 saturated carbocycles. The monoisotopic (exact) mass is 303 g/mol. The molecule has 1 heterocycles. The number of halogens is 1. The minimum absolute atomic E-state index is 0.0926. The molecule has 0 aliphatic heterocycles. The number of carbonyl (C=O) groups excluding carboxylic acids is 1. The van der Waals surface area contributed by atoms with E-state index in [1.807, 2.05) is 6.07 Å². The van der Waals surface area contributed by atoms with Gasteiger partial charge in [0.25, 0.3) is 0 Å².